The van der Waals surface area contributed by atoms with Crippen molar-refractivity contribution in [3.63, 3.8) is 0 Å². The number of piperidine rings is 1. The molecule has 1 atom stereocenters. The van der Waals surface area contributed by atoms with E-state index in [0.717, 1.165) is 37.6 Å². The van der Waals surface area contributed by atoms with Gasteiger partial charge in [0.2, 0.25) is 5.89 Å². The van der Waals surface area contributed by atoms with Crippen LogP contribution in [-0.4, -0.2) is 49.6 Å². The Balaban J connectivity index is 1.37. The maximum atomic E-state index is 9.15. The van der Waals surface area contributed by atoms with Crippen molar-refractivity contribution in [1.29, 1.82) is 0 Å². The number of hydrogen-bond donors (Lipinski definition) is 1. The third-order valence-electron chi connectivity index (χ3n) is 5.31. The van der Waals surface area contributed by atoms with E-state index in [2.05, 4.69) is 33.1 Å². The van der Waals surface area contributed by atoms with Gasteiger partial charge >= 0.3 is 0 Å². The molecule has 2 aliphatic rings. The Labute approximate surface area is 141 Å². The largest absolute Gasteiger partial charge is 0.394 e. The normalized spacial score (nSPS) is 21.2. The molecule has 0 amide bonds. The number of aliphatic hydroxyl groups excluding tert-OH is 1. The highest BCUT2D eigenvalue weighted by atomic mass is 16.5. The summed E-state index contributed by atoms with van der Waals surface area (Å²) in [4.78, 5) is 7.02. The van der Waals surface area contributed by atoms with E-state index >= 15 is 0 Å². The van der Waals surface area contributed by atoms with Crippen LogP contribution < -0.4 is 0 Å². The fourth-order valence-electron chi connectivity index (χ4n) is 3.63. The third kappa shape index (κ3) is 3.10. The number of aliphatic hydroxyl groups is 1. The van der Waals surface area contributed by atoms with Gasteiger partial charge in [-0.25, -0.2) is 0 Å². The van der Waals surface area contributed by atoms with Gasteiger partial charge < -0.3 is 9.63 Å². The molecule has 0 unspecified atom stereocenters. The molecule has 7 nitrogen and oxygen atoms in total. The minimum Gasteiger partial charge on any atom is -0.394 e. The van der Waals surface area contributed by atoms with Crippen molar-refractivity contribution in [2.24, 2.45) is 0 Å². The predicted octanol–water partition coefficient (Wildman–Crippen LogP) is 2.08. The first-order valence-corrected chi connectivity index (χ1v) is 8.96. The third-order valence-corrected chi connectivity index (χ3v) is 5.31. The van der Waals surface area contributed by atoms with Crippen molar-refractivity contribution in [1.82, 2.24) is 24.8 Å². The molecule has 24 heavy (non-hydrogen) atoms. The molecule has 2 aromatic heterocycles. The molecule has 1 aliphatic carbocycles. The number of hydrogen-bond acceptors (Lipinski definition) is 6. The Hall–Kier alpha value is -1.73. The molecule has 1 aliphatic heterocycles. The maximum absolute atomic E-state index is 9.15. The molecule has 4 rings (SSSR count). The van der Waals surface area contributed by atoms with E-state index in [4.69, 9.17) is 9.63 Å². The van der Waals surface area contributed by atoms with E-state index in [1.54, 1.807) is 0 Å². The van der Waals surface area contributed by atoms with Gasteiger partial charge in [-0.3, -0.25) is 9.58 Å². The van der Waals surface area contributed by atoms with Crippen molar-refractivity contribution in [2.75, 3.05) is 19.7 Å². The van der Waals surface area contributed by atoms with Crippen LogP contribution in [-0.2, 0) is 6.54 Å². The van der Waals surface area contributed by atoms with Gasteiger partial charge in [0, 0.05) is 23.7 Å². The molecule has 1 saturated heterocycles. The highest BCUT2D eigenvalue weighted by Crippen LogP contribution is 2.39. The topological polar surface area (TPSA) is 80.2 Å². The van der Waals surface area contributed by atoms with Crippen LogP contribution >= 0.6 is 0 Å². The summed E-state index contributed by atoms with van der Waals surface area (Å²) in [5.41, 5.74) is 1.24. The molecule has 0 aromatic carbocycles. The van der Waals surface area contributed by atoms with E-state index in [1.807, 2.05) is 10.9 Å². The van der Waals surface area contributed by atoms with Gasteiger partial charge in [-0.2, -0.15) is 10.1 Å². The van der Waals surface area contributed by atoms with Crippen LogP contribution in [0.1, 0.15) is 67.9 Å². The highest BCUT2D eigenvalue weighted by molar-refractivity contribution is 5.10. The van der Waals surface area contributed by atoms with Crippen molar-refractivity contribution in [2.45, 2.75) is 57.0 Å². The lowest BCUT2D eigenvalue weighted by Gasteiger charge is -2.34. The Bertz CT molecular complexity index is 670. The zero-order chi connectivity index (χ0) is 16.5. The first-order chi connectivity index (χ1) is 11.8. The van der Waals surface area contributed by atoms with Gasteiger partial charge in [0.25, 0.3) is 0 Å². The molecule has 2 aromatic rings. The Kier molecular flexibility index (Phi) is 4.37. The van der Waals surface area contributed by atoms with Gasteiger partial charge in [0.05, 0.1) is 19.2 Å². The lowest BCUT2D eigenvalue weighted by molar-refractivity contribution is 0.134. The minimum absolute atomic E-state index is 0.130. The summed E-state index contributed by atoms with van der Waals surface area (Å²) in [6, 6.07) is 2.26. The lowest BCUT2D eigenvalue weighted by Crippen LogP contribution is -2.35. The van der Waals surface area contributed by atoms with E-state index in [-0.39, 0.29) is 12.6 Å². The van der Waals surface area contributed by atoms with Crippen LogP contribution in [0.5, 0.6) is 0 Å². The summed E-state index contributed by atoms with van der Waals surface area (Å²) >= 11 is 0. The van der Waals surface area contributed by atoms with Gasteiger partial charge in [0.1, 0.15) is 0 Å². The van der Waals surface area contributed by atoms with E-state index in [1.165, 1.54) is 18.5 Å². The number of aromatic nitrogens is 4. The van der Waals surface area contributed by atoms with Crippen molar-refractivity contribution in [3.8, 4) is 0 Å². The molecule has 2 fully saturated rings. The van der Waals surface area contributed by atoms with E-state index < -0.39 is 0 Å². The molecule has 7 heteroatoms. The zero-order valence-corrected chi connectivity index (χ0v) is 14.1. The molecular weight excluding hydrogens is 306 g/mol. The van der Waals surface area contributed by atoms with Crippen LogP contribution in [0.2, 0.25) is 0 Å². The summed E-state index contributed by atoms with van der Waals surface area (Å²) in [5, 5.41) is 17.6. The molecule has 0 spiro atoms. The van der Waals surface area contributed by atoms with Gasteiger partial charge in [-0.15, -0.1) is 0 Å². The van der Waals surface area contributed by atoms with Crippen molar-refractivity contribution < 1.29 is 9.63 Å². The minimum atomic E-state index is 0.130. The van der Waals surface area contributed by atoms with Crippen LogP contribution in [0.15, 0.2) is 16.8 Å². The first kappa shape index (κ1) is 15.8. The average molecular weight is 331 g/mol. The van der Waals surface area contributed by atoms with Crippen molar-refractivity contribution in [3.05, 3.63) is 29.7 Å². The Morgan fingerprint density at radius 1 is 1.25 bits per heavy atom. The second-order valence-electron chi connectivity index (χ2n) is 6.95. The number of likely N-dealkylation sites (tertiary alicyclic amines) is 1. The standard InChI is InChI=1S/C17H25N5O2/c1-12(17-19-16(20-24-17)14-2-3-14)21-8-5-13(6-9-21)15-4-7-18-22(15)10-11-23/h4,7,12-14,23H,2-3,5-6,8-11H2,1H3/t12-/m1/s1. The highest BCUT2D eigenvalue weighted by Gasteiger charge is 2.32. The Morgan fingerprint density at radius 2 is 2.04 bits per heavy atom. The molecule has 3 heterocycles. The van der Waals surface area contributed by atoms with Gasteiger partial charge in [-0.1, -0.05) is 5.16 Å². The van der Waals surface area contributed by atoms with E-state index in [0.29, 0.717) is 18.4 Å². The monoisotopic (exact) mass is 331 g/mol. The van der Waals surface area contributed by atoms with Crippen LogP contribution in [0.25, 0.3) is 0 Å². The molecular formula is C17H25N5O2. The fraction of sp³-hybridized carbons (Fsp3) is 0.706. The second kappa shape index (κ2) is 6.64. The summed E-state index contributed by atoms with van der Waals surface area (Å²) in [7, 11) is 0. The van der Waals surface area contributed by atoms with Crippen LogP contribution in [0.3, 0.4) is 0 Å². The summed E-state index contributed by atoms with van der Waals surface area (Å²) in [6.07, 6.45) is 6.40. The van der Waals surface area contributed by atoms with Crippen LogP contribution in [0, 0.1) is 0 Å². The van der Waals surface area contributed by atoms with Crippen LogP contribution in [0.4, 0.5) is 0 Å². The molecule has 0 bridgehead atoms. The Morgan fingerprint density at radius 3 is 2.75 bits per heavy atom. The van der Waals surface area contributed by atoms with E-state index in [9.17, 15) is 0 Å². The zero-order valence-electron chi connectivity index (χ0n) is 14.1. The van der Waals surface area contributed by atoms with Crippen molar-refractivity contribution >= 4 is 0 Å². The SMILES string of the molecule is C[C@H](c1nc(C2CC2)no1)N1CCC(c2ccnn2CCO)CC1. The fourth-order valence-corrected chi connectivity index (χ4v) is 3.63. The number of rotatable bonds is 6. The maximum Gasteiger partial charge on any atom is 0.243 e. The average Bonchev–Trinajstić information content (AvgIpc) is 3.16. The molecule has 1 N–H and O–H groups in total. The summed E-state index contributed by atoms with van der Waals surface area (Å²) in [5.74, 6) is 2.68. The molecule has 1 saturated carbocycles. The number of nitrogens with zero attached hydrogens (tertiary/aromatic N) is 5. The van der Waals surface area contributed by atoms with Gasteiger partial charge in [0.15, 0.2) is 5.82 Å². The smallest absolute Gasteiger partial charge is 0.243 e. The predicted molar refractivity (Wildman–Crippen MR) is 87.5 cm³/mol. The lowest BCUT2D eigenvalue weighted by atomic mass is 9.92. The second-order valence-corrected chi connectivity index (χ2v) is 6.95. The molecule has 0 radical (unpaired) electrons. The summed E-state index contributed by atoms with van der Waals surface area (Å²) in [6.45, 7) is 4.88. The first-order valence-electron chi connectivity index (χ1n) is 8.96. The van der Waals surface area contributed by atoms with Gasteiger partial charge in [-0.05, 0) is 51.8 Å². The molecule has 130 valence electrons. The summed E-state index contributed by atoms with van der Waals surface area (Å²) < 4.78 is 7.42. The quantitative estimate of drug-likeness (QED) is 0.873.